The Morgan fingerprint density at radius 3 is 2.67 bits per heavy atom. The Morgan fingerprint density at radius 2 is 1.93 bits per heavy atom. The molecule has 0 aliphatic carbocycles. The number of carbonyl (C=O) groups excluding carboxylic acids is 1. The van der Waals surface area contributed by atoms with Crippen LogP contribution >= 0.6 is 11.6 Å². The van der Waals surface area contributed by atoms with Gasteiger partial charge in [0.15, 0.2) is 5.65 Å². The highest BCUT2D eigenvalue weighted by Gasteiger charge is 2.19. The van der Waals surface area contributed by atoms with Crippen molar-refractivity contribution in [2.45, 2.75) is 26.8 Å². The Labute approximate surface area is 178 Å². The summed E-state index contributed by atoms with van der Waals surface area (Å²) in [6.45, 7) is 4.24. The monoisotopic (exact) mass is 422 g/mol. The summed E-state index contributed by atoms with van der Waals surface area (Å²) in [6, 6.07) is 14.1. The first-order valence-corrected chi connectivity index (χ1v) is 9.91. The van der Waals surface area contributed by atoms with Gasteiger partial charge in [-0.3, -0.25) is 4.79 Å². The Hall–Kier alpha value is -3.25. The summed E-state index contributed by atoms with van der Waals surface area (Å²) in [5.41, 5.74) is 5.32. The number of amides is 1. The SMILES string of the molecule is Cc1nc2c(C(=O)NCc3ccccc3)cnn2c(C)c1Cc1ccc(F)cc1Cl. The molecule has 30 heavy (non-hydrogen) atoms. The van der Waals surface area contributed by atoms with E-state index in [9.17, 15) is 9.18 Å². The zero-order valence-corrected chi connectivity index (χ0v) is 17.4. The van der Waals surface area contributed by atoms with E-state index in [1.165, 1.54) is 18.3 Å². The van der Waals surface area contributed by atoms with Crippen LogP contribution in [-0.4, -0.2) is 20.5 Å². The zero-order chi connectivity index (χ0) is 21.3. The van der Waals surface area contributed by atoms with Gasteiger partial charge in [-0.05, 0) is 42.7 Å². The third kappa shape index (κ3) is 3.91. The summed E-state index contributed by atoms with van der Waals surface area (Å²) < 4.78 is 15.0. The maximum absolute atomic E-state index is 13.4. The van der Waals surface area contributed by atoms with Crippen molar-refractivity contribution in [2.24, 2.45) is 0 Å². The van der Waals surface area contributed by atoms with Crippen molar-refractivity contribution in [2.75, 3.05) is 0 Å². The van der Waals surface area contributed by atoms with Crippen LogP contribution in [0.1, 0.15) is 38.4 Å². The number of halogens is 2. The lowest BCUT2D eigenvalue weighted by Crippen LogP contribution is -2.23. The molecule has 0 atom stereocenters. The number of rotatable bonds is 5. The van der Waals surface area contributed by atoms with E-state index in [0.29, 0.717) is 29.2 Å². The second-order valence-electron chi connectivity index (χ2n) is 7.14. The molecule has 5 nitrogen and oxygen atoms in total. The molecule has 0 spiro atoms. The summed E-state index contributed by atoms with van der Waals surface area (Å²) in [6.07, 6.45) is 2.03. The molecule has 4 rings (SSSR count). The van der Waals surface area contributed by atoms with Crippen LogP contribution in [-0.2, 0) is 13.0 Å². The van der Waals surface area contributed by atoms with E-state index in [-0.39, 0.29) is 11.7 Å². The molecule has 0 radical (unpaired) electrons. The van der Waals surface area contributed by atoms with Gasteiger partial charge in [0.1, 0.15) is 11.4 Å². The largest absolute Gasteiger partial charge is 0.348 e. The average molecular weight is 423 g/mol. The van der Waals surface area contributed by atoms with E-state index in [0.717, 1.165) is 28.1 Å². The van der Waals surface area contributed by atoms with Crippen molar-refractivity contribution in [3.63, 3.8) is 0 Å². The Balaban J connectivity index is 1.63. The van der Waals surface area contributed by atoms with Gasteiger partial charge in [-0.15, -0.1) is 0 Å². The molecule has 1 amide bonds. The molecular weight excluding hydrogens is 403 g/mol. The van der Waals surface area contributed by atoms with Crippen LogP contribution in [0.2, 0.25) is 5.02 Å². The lowest BCUT2D eigenvalue weighted by molar-refractivity contribution is 0.0952. The number of nitrogens with one attached hydrogen (secondary N) is 1. The fourth-order valence-corrected chi connectivity index (χ4v) is 3.69. The lowest BCUT2D eigenvalue weighted by Gasteiger charge is -2.13. The van der Waals surface area contributed by atoms with Gasteiger partial charge in [-0.25, -0.2) is 13.9 Å². The summed E-state index contributed by atoms with van der Waals surface area (Å²) in [5.74, 6) is -0.599. The smallest absolute Gasteiger partial charge is 0.257 e. The first-order valence-electron chi connectivity index (χ1n) is 9.54. The van der Waals surface area contributed by atoms with Crippen molar-refractivity contribution in [1.29, 1.82) is 0 Å². The quantitative estimate of drug-likeness (QED) is 0.509. The summed E-state index contributed by atoms with van der Waals surface area (Å²) in [4.78, 5) is 17.3. The Bertz CT molecular complexity index is 1240. The number of carbonyl (C=O) groups is 1. The minimum atomic E-state index is -0.371. The Kier molecular flexibility index (Phi) is 5.50. The van der Waals surface area contributed by atoms with Crippen molar-refractivity contribution < 1.29 is 9.18 Å². The van der Waals surface area contributed by atoms with E-state index in [2.05, 4.69) is 15.4 Å². The highest BCUT2D eigenvalue weighted by Crippen LogP contribution is 2.24. The molecule has 4 aromatic rings. The number of hydrogen-bond acceptors (Lipinski definition) is 3. The van der Waals surface area contributed by atoms with Crippen LogP contribution in [0.4, 0.5) is 4.39 Å². The third-order valence-electron chi connectivity index (χ3n) is 5.13. The van der Waals surface area contributed by atoms with E-state index in [1.807, 2.05) is 44.2 Å². The van der Waals surface area contributed by atoms with Gasteiger partial charge in [-0.1, -0.05) is 48.0 Å². The number of aryl methyl sites for hydroxylation is 2. The number of benzene rings is 2. The molecule has 0 unspecified atom stereocenters. The highest BCUT2D eigenvalue weighted by atomic mass is 35.5. The van der Waals surface area contributed by atoms with Crippen LogP contribution < -0.4 is 5.32 Å². The molecule has 2 aromatic carbocycles. The minimum Gasteiger partial charge on any atom is -0.348 e. The number of aromatic nitrogens is 3. The molecule has 0 aliphatic heterocycles. The molecule has 7 heteroatoms. The van der Waals surface area contributed by atoms with Gasteiger partial charge >= 0.3 is 0 Å². The lowest BCUT2D eigenvalue weighted by atomic mass is 10.0. The van der Waals surface area contributed by atoms with Gasteiger partial charge in [0.2, 0.25) is 0 Å². The maximum atomic E-state index is 13.4. The second-order valence-corrected chi connectivity index (χ2v) is 7.54. The van der Waals surface area contributed by atoms with Crippen molar-refractivity contribution in [3.8, 4) is 0 Å². The molecule has 2 heterocycles. The van der Waals surface area contributed by atoms with Crippen LogP contribution in [0.3, 0.4) is 0 Å². The first kappa shape index (κ1) is 20.0. The number of hydrogen-bond donors (Lipinski definition) is 1. The van der Waals surface area contributed by atoms with Crippen molar-refractivity contribution in [3.05, 3.63) is 99.2 Å². The van der Waals surface area contributed by atoms with Gasteiger partial charge in [0, 0.05) is 29.4 Å². The normalized spacial score (nSPS) is 11.1. The fourth-order valence-electron chi connectivity index (χ4n) is 3.46. The van der Waals surface area contributed by atoms with E-state index >= 15 is 0 Å². The third-order valence-corrected chi connectivity index (χ3v) is 5.48. The summed E-state index contributed by atoms with van der Waals surface area (Å²) in [5, 5.41) is 7.66. The molecule has 1 N–H and O–H groups in total. The van der Waals surface area contributed by atoms with Gasteiger partial charge < -0.3 is 5.32 Å². The van der Waals surface area contributed by atoms with Crippen LogP contribution in [0.5, 0.6) is 0 Å². The molecule has 0 fully saturated rings. The fraction of sp³-hybridized carbons (Fsp3) is 0.174. The molecule has 0 saturated carbocycles. The van der Waals surface area contributed by atoms with Gasteiger partial charge in [0.05, 0.1) is 6.20 Å². The van der Waals surface area contributed by atoms with Crippen molar-refractivity contribution in [1.82, 2.24) is 19.9 Å². The molecule has 0 saturated heterocycles. The molecule has 0 aliphatic rings. The van der Waals surface area contributed by atoms with Crippen molar-refractivity contribution >= 4 is 23.2 Å². The molecular formula is C23H20ClFN4O. The number of nitrogens with zero attached hydrogens (tertiary/aromatic N) is 3. The highest BCUT2D eigenvalue weighted by molar-refractivity contribution is 6.31. The first-order chi connectivity index (χ1) is 14.4. The average Bonchev–Trinajstić information content (AvgIpc) is 3.15. The van der Waals surface area contributed by atoms with Crippen LogP contribution in [0.25, 0.3) is 5.65 Å². The second kappa shape index (κ2) is 8.24. The minimum absolute atomic E-state index is 0.227. The van der Waals surface area contributed by atoms with E-state index in [4.69, 9.17) is 11.6 Å². The van der Waals surface area contributed by atoms with E-state index < -0.39 is 0 Å². The zero-order valence-electron chi connectivity index (χ0n) is 16.6. The van der Waals surface area contributed by atoms with E-state index in [1.54, 1.807) is 10.6 Å². The van der Waals surface area contributed by atoms with Gasteiger partial charge in [0.25, 0.3) is 5.91 Å². The summed E-state index contributed by atoms with van der Waals surface area (Å²) in [7, 11) is 0. The number of fused-ring (bicyclic) bond motifs is 1. The molecule has 2 aromatic heterocycles. The predicted octanol–water partition coefficient (Wildman–Crippen LogP) is 4.66. The van der Waals surface area contributed by atoms with Crippen LogP contribution in [0, 0.1) is 19.7 Å². The Morgan fingerprint density at radius 1 is 1.17 bits per heavy atom. The topological polar surface area (TPSA) is 59.3 Å². The maximum Gasteiger partial charge on any atom is 0.257 e. The molecule has 152 valence electrons. The summed E-state index contributed by atoms with van der Waals surface area (Å²) >= 11 is 6.20. The predicted molar refractivity (Wildman–Crippen MR) is 114 cm³/mol. The van der Waals surface area contributed by atoms with Gasteiger partial charge in [-0.2, -0.15) is 5.10 Å². The van der Waals surface area contributed by atoms with Crippen LogP contribution in [0.15, 0.2) is 54.7 Å². The molecule has 0 bridgehead atoms. The standard InChI is InChI=1S/C23H20ClFN4O/c1-14-19(10-17-8-9-18(25)11-21(17)24)15(2)29-22(28-14)20(13-27-29)23(30)26-12-16-6-4-3-5-7-16/h3-9,11,13H,10,12H2,1-2H3,(H,26,30).